The van der Waals surface area contributed by atoms with Gasteiger partial charge in [-0.05, 0) is 50.3 Å². The number of hydrogen-bond donors (Lipinski definition) is 1. The van der Waals surface area contributed by atoms with E-state index in [0.29, 0.717) is 17.2 Å². The number of hydrogen-bond acceptors (Lipinski definition) is 5. The molecule has 150 valence electrons. The molecule has 1 aliphatic carbocycles. The summed E-state index contributed by atoms with van der Waals surface area (Å²) in [6.45, 7) is 5.96. The van der Waals surface area contributed by atoms with Crippen LogP contribution in [0.1, 0.15) is 53.1 Å². The molecule has 0 unspecified atom stereocenters. The summed E-state index contributed by atoms with van der Waals surface area (Å²) in [6.07, 6.45) is 4.05. The zero-order valence-electron chi connectivity index (χ0n) is 16.6. The Morgan fingerprint density at radius 2 is 1.89 bits per heavy atom. The largest absolute Gasteiger partial charge is 0.462 e. The molecule has 2 aromatic rings. The maximum atomic E-state index is 12.7. The molecule has 1 aromatic heterocycles. The number of amides is 1. The van der Waals surface area contributed by atoms with E-state index in [-0.39, 0.29) is 18.4 Å². The van der Waals surface area contributed by atoms with Crippen LogP contribution in [0.25, 0.3) is 0 Å². The number of esters is 1. The number of benzene rings is 1. The number of nitrogens with one attached hydrogen (secondary N) is 1. The lowest BCUT2D eigenvalue weighted by Crippen LogP contribution is -2.32. The van der Waals surface area contributed by atoms with E-state index in [1.807, 2.05) is 25.1 Å². The van der Waals surface area contributed by atoms with Gasteiger partial charge in [-0.25, -0.2) is 4.79 Å². The summed E-state index contributed by atoms with van der Waals surface area (Å²) < 4.78 is 5.26. The minimum absolute atomic E-state index is 0.0954. The number of anilines is 1. The van der Waals surface area contributed by atoms with Crippen molar-refractivity contribution in [2.24, 2.45) is 0 Å². The molecule has 0 spiro atoms. The molecule has 0 saturated carbocycles. The molecule has 1 aromatic carbocycles. The summed E-state index contributed by atoms with van der Waals surface area (Å²) in [5.41, 5.74) is 2.82. The van der Waals surface area contributed by atoms with E-state index in [0.717, 1.165) is 44.3 Å². The van der Waals surface area contributed by atoms with Gasteiger partial charge in [0.05, 0.1) is 18.7 Å². The molecule has 1 amide bonds. The highest BCUT2D eigenvalue weighted by Crippen LogP contribution is 2.38. The van der Waals surface area contributed by atoms with E-state index in [9.17, 15) is 9.59 Å². The van der Waals surface area contributed by atoms with Crippen molar-refractivity contribution in [3.8, 4) is 0 Å². The van der Waals surface area contributed by atoms with Crippen molar-refractivity contribution in [2.75, 3.05) is 25.0 Å². The maximum Gasteiger partial charge on any atom is 0.341 e. The van der Waals surface area contributed by atoms with Gasteiger partial charge in [-0.3, -0.25) is 9.69 Å². The Hall–Kier alpha value is -2.18. The predicted octanol–water partition coefficient (Wildman–Crippen LogP) is 4.26. The van der Waals surface area contributed by atoms with E-state index in [1.165, 1.54) is 21.8 Å². The molecule has 0 saturated heterocycles. The lowest BCUT2D eigenvalue weighted by Gasteiger charge is -2.20. The highest BCUT2D eigenvalue weighted by Gasteiger charge is 2.27. The molecule has 0 atom stereocenters. The quantitative estimate of drug-likeness (QED) is 0.673. The van der Waals surface area contributed by atoms with Crippen LogP contribution in [0.15, 0.2) is 30.3 Å². The van der Waals surface area contributed by atoms with Gasteiger partial charge in [0.2, 0.25) is 5.91 Å². The van der Waals surface area contributed by atoms with Crippen LogP contribution >= 0.6 is 11.3 Å². The first-order valence-electron chi connectivity index (χ1n) is 10.00. The number of rotatable bonds is 8. The van der Waals surface area contributed by atoms with Crippen LogP contribution in [0, 0.1) is 0 Å². The van der Waals surface area contributed by atoms with Crippen LogP contribution in [-0.2, 0) is 28.9 Å². The zero-order chi connectivity index (χ0) is 19.9. The average Bonchev–Trinajstić information content (AvgIpc) is 3.06. The van der Waals surface area contributed by atoms with Crippen LogP contribution in [0.5, 0.6) is 0 Å². The lowest BCUT2D eigenvalue weighted by atomic mass is 9.95. The minimum Gasteiger partial charge on any atom is -0.462 e. The monoisotopic (exact) mass is 400 g/mol. The summed E-state index contributed by atoms with van der Waals surface area (Å²) in [5, 5.41) is 3.64. The fraction of sp³-hybridized carbons (Fsp3) is 0.455. The normalized spacial score (nSPS) is 13.2. The second-order valence-corrected chi connectivity index (χ2v) is 8.08. The van der Waals surface area contributed by atoms with E-state index >= 15 is 0 Å². The molecular formula is C22H28N2O3S. The van der Waals surface area contributed by atoms with Crippen LogP contribution in [-0.4, -0.2) is 36.5 Å². The predicted molar refractivity (Wildman–Crippen MR) is 113 cm³/mol. The molecule has 0 bridgehead atoms. The Labute approximate surface area is 170 Å². The van der Waals surface area contributed by atoms with Crippen molar-refractivity contribution in [1.82, 2.24) is 4.90 Å². The third-order valence-electron chi connectivity index (χ3n) is 4.97. The Morgan fingerprint density at radius 1 is 1.14 bits per heavy atom. The molecule has 1 N–H and O–H groups in total. The topological polar surface area (TPSA) is 58.6 Å². The average molecular weight is 401 g/mol. The summed E-state index contributed by atoms with van der Waals surface area (Å²) in [6, 6.07) is 10.1. The van der Waals surface area contributed by atoms with Crippen LogP contribution in [0.4, 0.5) is 5.00 Å². The van der Waals surface area contributed by atoms with Gasteiger partial charge in [0.1, 0.15) is 5.00 Å². The molecule has 5 nitrogen and oxygen atoms in total. The van der Waals surface area contributed by atoms with Crippen molar-refractivity contribution in [1.29, 1.82) is 0 Å². The summed E-state index contributed by atoms with van der Waals surface area (Å²) in [7, 11) is 0. The fourth-order valence-electron chi connectivity index (χ4n) is 3.56. The van der Waals surface area contributed by atoms with Gasteiger partial charge < -0.3 is 10.1 Å². The molecular weight excluding hydrogens is 372 g/mol. The van der Waals surface area contributed by atoms with Crippen LogP contribution in [0.3, 0.4) is 0 Å². The van der Waals surface area contributed by atoms with E-state index < -0.39 is 0 Å². The minimum atomic E-state index is -0.325. The second kappa shape index (κ2) is 9.85. The summed E-state index contributed by atoms with van der Waals surface area (Å²) in [4.78, 5) is 28.5. The molecule has 1 heterocycles. The van der Waals surface area contributed by atoms with Gasteiger partial charge in [-0.15, -0.1) is 11.3 Å². The van der Waals surface area contributed by atoms with Gasteiger partial charge in [0, 0.05) is 11.4 Å². The van der Waals surface area contributed by atoms with Gasteiger partial charge in [0.25, 0.3) is 0 Å². The van der Waals surface area contributed by atoms with Crippen LogP contribution < -0.4 is 5.32 Å². The number of ether oxygens (including phenoxy) is 1. The van der Waals surface area contributed by atoms with Gasteiger partial charge in [-0.1, -0.05) is 37.3 Å². The van der Waals surface area contributed by atoms with Crippen molar-refractivity contribution >= 4 is 28.2 Å². The number of fused-ring (bicyclic) bond motifs is 1. The first-order chi connectivity index (χ1) is 13.6. The second-order valence-electron chi connectivity index (χ2n) is 6.97. The molecule has 0 aliphatic heterocycles. The van der Waals surface area contributed by atoms with E-state index in [2.05, 4.69) is 22.3 Å². The number of aryl methyl sites for hydroxylation is 1. The Morgan fingerprint density at radius 3 is 2.61 bits per heavy atom. The first-order valence-corrected chi connectivity index (χ1v) is 10.8. The third kappa shape index (κ3) is 5.00. The Bertz CT molecular complexity index is 817. The van der Waals surface area contributed by atoms with Gasteiger partial charge >= 0.3 is 5.97 Å². The van der Waals surface area contributed by atoms with Crippen LogP contribution in [0.2, 0.25) is 0 Å². The number of likely N-dealkylation sites (N-methyl/N-ethyl adjacent to an activating group) is 1. The van der Waals surface area contributed by atoms with E-state index in [1.54, 1.807) is 6.92 Å². The third-order valence-corrected chi connectivity index (χ3v) is 6.17. The Kier molecular flexibility index (Phi) is 7.23. The summed E-state index contributed by atoms with van der Waals surface area (Å²) >= 11 is 1.53. The molecule has 0 fully saturated rings. The molecule has 6 heteroatoms. The highest BCUT2D eigenvalue weighted by atomic mass is 32.1. The van der Waals surface area contributed by atoms with Gasteiger partial charge in [-0.2, -0.15) is 0 Å². The molecule has 28 heavy (non-hydrogen) atoms. The van der Waals surface area contributed by atoms with E-state index in [4.69, 9.17) is 4.74 Å². The number of carbonyl (C=O) groups excluding carboxylic acids is 2. The van der Waals surface area contributed by atoms with Gasteiger partial charge in [0.15, 0.2) is 0 Å². The standard InChI is InChI=1S/C22H28N2O3S/c1-3-24(14-16-10-6-5-7-11-16)15-19(25)23-21-20(22(26)27-4-2)17-12-8-9-13-18(17)28-21/h5-7,10-11H,3-4,8-9,12-15H2,1-2H3,(H,23,25). The molecule has 1 aliphatic rings. The fourth-order valence-corrected chi connectivity index (χ4v) is 4.86. The maximum absolute atomic E-state index is 12.7. The number of nitrogens with zero attached hydrogens (tertiary/aromatic N) is 1. The SMILES string of the molecule is CCOC(=O)c1c(NC(=O)CN(CC)Cc2ccccc2)sc2c1CCCC2. The lowest BCUT2D eigenvalue weighted by molar-refractivity contribution is -0.117. The van der Waals surface area contributed by atoms with Crippen molar-refractivity contribution < 1.29 is 14.3 Å². The number of carbonyl (C=O) groups is 2. The zero-order valence-corrected chi connectivity index (χ0v) is 17.4. The van der Waals surface area contributed by atoms with Crippen molar-refractivity contribution in [2.45, 2.75) is 46.1 Å². The highest BCUT2D eigenvalue weighted by molar-refractivity contribution is 7.17. The first kappa shape index (κ1) is 20.6. The van der Waals surface area contributed by atoms with Crippen molar-refractivity contribution in [3.05, 3.63) is 51.9 Å². The Balaban J connectivity index is 1.72. The molecule has 3 rings (SSSR count). The smallest absolute Gasteiger partial charge is 0.341 e. The summed E-state index contributed by atoms with van der Waals surface area (Å²) in [5.74, 6) is -0.421. The number of thiophene rings is 1. The molecule has 0 radical (unpaired) electrons. The van der Waals surface area contributed by atoms with Crippen molar-refractivity contribution in [3.63, 3.8) is 0 Å².